The van der Waals surface area contributed by atoms with Crippen LogP contribution in [0.4, 0.5) is 0 Å². The molecule has 1 aliphatic rings. The minimum atomic E-state index is 0.496. The zero-order valence-corrected chi connectivity index (χ0v) is 12.8. The number of benzene rings is 2. The van der Waals surface area contributed by atoms with Crippen molar-refractivity contribution < 1.29 is 0 Å². The second-order valence-electron chi connectivity index (χ2n) is 5.81. The highest BCUT2D eigenvalue weighted by molar-refractivity contribution is 7.97. The summed E-state index contributed by atoms with van der Waals surface area (Å²) in [7, 11) is 0.496. The Labute approximate surface area is 119 Å². The Kier molecular flexibility index (Phi) is 3.83. The lowest BCUT2D eigenvalue weighted by atomic mass is 9.96. The van der Waals surface area contributed by atoms with E-state index in [9.17, 15) is 0 Å². The molecular formula is C18H23S+. The third-order valence-corrected chi connectivity index (χ3v) is 6.67. The van der Waals surface area contributed by atoms with Gasteiger partial charge in [0.15, 0.2) is 4.90 Å². The predicted octanol–water partition coefficient (Wildman–Crippen LogP) is 5.12. The normalized spacial score (nSPS) is 17.2. The molecule has 0 aromatic heterocycles. The van der Waals surface area contributed by atoms with Gasteiger partial charge in [-0.05, 0) is 48.3 Å². The molecule has 2 aromatic rings. The van der Waals surface area contributed by atoms with Crippen molar-refractivity contribution in [2.75, 3.05) is 11.5 Å². The van der Waals surface area contributed by atoms with E-state index in [1.807, 2.05) is 0 Å². The SMILES string of the molecule is CC(C)c1ccc([S+]2CCCCC2)c2ccccc12. The fraction of sp³-hybridized carbons (Fsp3) is 0.444. The molecule has 0 nitrogen and oxygen atoms in total. The second-order valence-corrected chi connectivity index (χ2v) is 8.06. The first-order valence-corrected chi connectivity index (χ1v) is 9.03. The van der Waals surface area contributed by atoms with Crippen LogP contribution in [0.5, 0.6) is 0 Å². The van der Waals surface area contributed by atoms with E-state index in [0.29, 0.717) is 16.8 Å². The fourth-order valence-electron chi connectivity index (χ4n) is 3.10. The molecule has 0 atom stereocenters. The van der Waals surface area contributed by atoms with Crippen LogP contribution in [0.3, 0.4) is 0 Å². The molecule has 3 rings (SSSR count). The van der Waals surface area contributed by atoms with Gasteiger partial charge in [-0.15, -0.1) is 0 Å². The largest absolute Gasteiger partial charge is 0.162 e. The van der Waals surface area contributed by atoms with Crippen molar-refractivity contribution in [3.63, 3.8) is 0 Å². The summed E-state index contributed by atoms with van der Waals surface area (Å²) >= 11 is 0. The van der Waals surface area contributed by atoms with Gasteiger partial charge >= 0.3 is 0 Å². The quantitative estimate of drug-likeness (QED) is 0.665. The van der Waals surface area contributed by atoms with Gasteiger partial charge < -0.3 is 0 Å². The minimum absolute atomic E-state index is 0.496. The van der Waals surface area contributed by atoms with Crippen molar-refractivity contribution in [3.8, 4) is 0 Å². The topological polar surface area (TPSA) is 0 Å². The summed E-state index contributed by atoms with van der Waals surface area (Å²) < 4.78 is 0. The van der Waals surface area contributed by atoms with Gasteiger partial charge in [0.2, 0.25) is 0 Å². The van der Waals surface area contributed by atoms with Crippen molar-refractivity contribution in [1.82, 2.24) is 0 Å². The van der Waals surface area contributed by atoms with E-state index in [1.165, 1.54) is 47.1 Å². The molecule has 0 spiro atoms. The zero-order chi connectivity index (χ0) is 13.2. The van der Waals surface area contributed by atoms with Crippen molar-refractivity contribution in [3.05, 3.63) is 42.0 Å². The van der Waals surface area contributed by atoms with Crippen LogP contribution >= 0.6 is 0 Å². The van der Waals surface area contributed by atoms with Gasteiger partial charge in [0.1, 0.15) is 11.5 Å². The first-order chi connectivity index (χ1) is 9.27. The first kappa shape index (κ1) is 13.1. The smallest absolute Gasteiger partial charge is 0.0616 e. The van der Waals surface area contributed by atoms with Crippen LogP contribution in [0.15, 0.2) is 41.3 Å². The Balaban J connectivity index is 2.13. The molecule has 0 N–H and O–H groups in total. The van der Waals surface area contributed by atoms with Crippen LogP contribution in [-0.4, -0.2) is 11.5 Å². The maximum atomic E-state index is 2.42. The predicted molar refractivity (Wildman–Crippen MR) is 87.3 cm³/mol. The van der Waals surface area contributed by atoms with Crippen LogP contribution in [0.25, 0.3) is 10.8 Å². The molecule has 19 heavy (non-hydrogen) atoms. The van der Waals surface area contributed by atoms with Gasteiger partial charge in [-0.2, -0.15) is 0 Å². The molecule has 1 fully saturated rings. The highest BCUT2D eigenvalue weighted by Crippen LogP contribution is 2.33. The van der Waals surface area contributed by atoms with E-state index in [1.54, 1.807) is 4.90 Å². The summed E-state index contributed by atoms with van der Waals surface area (Å²) in [4.78, 5) is 1.62. The Hall–Kier alpha value is -0.950. The highest BCUT2D eigenvalue weighted by atomic mass is 32.2. The highest BCUT2D eigenvalue weighted by Gasteiger charge is 2.27. The monoisotopic (exact) mass is 271 g/mol. The Morgan fingerprint density at radius 2 is 1.53 bits per heavy atom. The number of hydrogen-bond acceptors (Lipinski definition) is 0. The fourth-order valence-corrected chi connectivity index (χ4v) is 5.60. The molecule has 0 radical (unpaired) electrons. The number of rotatable bonds is 2. The summed E-state index contributed by atoms with van der Waals surface area (Å²) in [6, 6.07) is 13.8. The molecular weight excluding hydrogens is 248 g/mol. The summed E-state index contributed by atoms with van der Waals surface area (Å²) in [6.07, 6.45) is 4.28. The zero-order valence-electron chi connectivity index (χ0n) is 12.0. The van der Waals surface area contributed by atoms with Crippen molar-refractivity contribution in [2.24, 2.45) is 0 Å². The summed E-state index contributed by atoms with van der Waals surface area (Å²) in [6.45, 7) is 4.59. The molecule has 0 bridgehead atoms. The van der Waals surface area contributed by atoms with Gasteiger partial charge in [0.05, 0.1) is 0 Å². The average Bonchev–Trinajstić information content (AvgIpc) is 2.47. The number of fused-ring (bicyclic) bond motifs is 1. The van der Waals surface area contributed by atoms with Gasteiger partial charge in [0.25, 0.3) is 0 Å². The van der Waals surface area contributed by atoms with E-state index < -0.39 is 0 Å². The van der Waals surface area contributed by atoms with E-state index >= 15 is 0 Å². The van der Waals surface area contributed by atoms with Gasteiger partial charge in [-0.1, -0.05) is 38.1 Å². The maximum absolute atomic E-state index is 2.42. The lowest BCUT2D eigenvalue weighted by Crippen LogP contribution is -2.18. The van der Waals surface area contributed by atoms with Gasteiger partial charge in [-0.3, -0.25) is 0 Å². The second kappa shape index (κ2) is 5.58. The van der Waals surface area contributed by atoms with Crippen LogP contribution in [0.1, 0.15) is 44.6 Å². The van der Waals surface area contributed by atoms with Crippen molar-refractivity contribution >= 4 is 21.7 Å². The molecule has 1 heteroatoms. The Bertz CT molecular complexity index is 565. The molecule has 1 aliphatic heterocycles. The molecule has 0 saturated carbocycles. The van der Waals surface area contributed by atoms with E-state index in [2.05, 4.69) is 50.2 Å². The molecule has 0 aliphatic carbocycles. The van der Waals surface area contributed by atoms with Crippen LogP contribution in [-0.2, 0) is 10.9 Å². The van der Waals surface area contributed by atoms with E-state index in [0.717, 1.165) is 0 Å². The van der Waals surface area contributed by atoms with E-state index in [-0.39, 0.29) is 0 Å². The lowest BCUT2D eigenvalue weighted by molar-refractivity contribution is 0.756. The molecule has 1 heterocycles. The molecule has 0 unspecified atom stereocenters. The molecule has 100 valence electrons. The maximum Gasteiger partial charge on any atom is 0.162 e. The van der Waals surface area contributed by atoms with Gasteiger partial charge in [0, 0.05) is 16.3 Å². The van der Waals surface area contributed by atoms with Crippen LogP contribution < -0.4 is 0 Å². The van der Waals surface area contributed by atoms with Crippen LogP contribution in [0, 0.1) is 0 Å². The Morgan fingerprint density at radius 3 is 2.21 bits per heavy atom. The molecule has 1 saturated heterocycles. The van der Waals surface area contributed by atoms with E-state index in [4.69, 9.17) is 0 Å². The summed E-state index contributed by atoms with van der Waals surface area (Å²) in [5.41, 5.74) is 1.50. The standard InChI is InChI=1S/C18H23S/c1-14(2)15-10-11-18(19-12-6-3-7-13-19)17-9-5-4-8-16(15)17/h4-5,8-11,14H,3,6-7,12-13H2,1-2H3/q+1. The summed E-state index contributed by atoms with van der Waals surface area (Å²) in [5, 5.41) is 2.99. The Morgan fingerprint density at radius 1 is 0.842 bits per heavy atom. The third-order valence-electron chi connectivity index (χ3n) is 4.13. The molecule has 0 amide bonds. The average molecular weight is 271 g/mol. The van der Waals surface area contributed by atoms with Crippen LogP contribution in [0.2, 0.25) is 0 Å². The molecule has 2 aromatic carbocycles. The number of hydrogen-bond donors (Lipinski definition) is 0. The van der Waals surface area contributed by atoms with Crippen molar-refractivity contribution in [2.45, 2.75) is 43.9 Å². The third kappa shape index (κ3) is 2.53. The lowest BCUT2D eigenvalue weighted by Gasteiger charge is -2.17. The van der Waals surface area contributed by atoms with Crippen molar-refractivity contribution in [1.29, 1.82) is 0 Å². The first-order valence-electron chi connectivity index (χ1n) is 7.46. The summed E-state index contributed by atoms with van der Waals surface area (Å²) in [5.74, 6) is 3.42. The van der Waals surface area contributed by atoms with Gasteiger partial charge in [-0.25, -0.2) is 0 Å². The minimum Gasteiger partial charge on any atom is -0.0616 e.